The van der Waals surface area contributed by atoms with Crippen molar-refractivity contribution in [2.75, 3.05) is 0 Å². The zero-order valence-electron chi connectivity index (χ0n) is 14.8. The number of nitrogens with one attached hydrogen (secondary N) is 1. The van der Waals surface area contributed by atoms with E-state index in [1.807, 2.05) is 0 Å². The monoisotopic (exact) mass is 365 g/mol. The van der Waals surface area contributed by atoms with Crippen LogP contribution in [0.25, 0.3) is 16.6 Å². The summed E-state index contributed by atoms with van der Waals surface area (Å²) in [5.41, 5.74) is 0.674. The van der Waals surface area contributed by atoms with Crippen molar-refractivity contribution in [1.29, 1.82) is 0 Å². The molecule has 1 amide bonds. The Labute approximate surface area is 155 Å². The predicted octanol–water partition coefficient (Wildman–Crippen LogP) is 3.59. The summed E-state index contributed by atoms with van der Waals surface area (Å²) in [6.07, 6.45) is 6.81. The Morgan fingerprint density at radius 1 is 1.11 bits per heavy atom. The van der Waals surface area contributed by atoms with Crippen LogP contribution in [0.4, 0.5) is 4.39 Å². The Hall–Kier alpha value is -3.02. The Kier molecular flexibility index (Phi) is 4.71. The summed E-state index contributed by atoms with van der Waals surface area (Å²) in [6.45, 7) is 0. The molecule has 5 nitrogen and oxygen atoms in total. The molecule has 0 unspecified atom stereocenters. The van der Waals surface area contributed by atoms with E-state index >= 15 is 0 Å². The summed E-state index contributed by atoms with van der Waals surface area (Å²) in [7, 11) is 0. The van der Waals surface area contributed by atoms with Crippen LogP contribution in [0.5, 0.6) is 0 Å². The van der Waals surface area contributed by atoms with Gasteiger partial charge in [-0.2, -0.15) is 0 Å². The number of rotatable bonds is 3. The molecule has 0 spiro atoms. The summed E-state index contributed by atoms with van der Waals surface area (Å²) >= 11 is 0. The normalized spacial score (nSPS) is 15.0. The van der Waals surface area contributed by atoms with E-state index in [4.69, 9.17) is 0 Å². The van der Waals surface area contributed by atoms with E-state index in [1.165, 1.54) is 29.4 Å². The number of amides is 1. The van der Waals surface area contributed by atoms with Crippen LogP contribution in [0, 0.1) is 5.82 Å². The first-order valence-electron chi connectivity index (χ1n) is 9.21. The minimum Gasteiger partial charge on any atom is -0.349 e. The average molecular weight is 365 g/mol. The number of halogens is 1. The highest BCUT2D eigenvalue weighted by atomic mass is 19.1. The molecule has 0 saturated heterocycles. The van der Waals surface area contributed by atoms with Crippen LogP contribution >= 0.6 is 0 Å². The van der Waals surface area contributed by atoms with Crippen molar-refractivity contribution in [1.82, 2.24) is 14.9 Å². The first-order valence-corrected chi connectivity index (χ1v) is 9.21. The van der Waals surface area contributed by atoms with Gasteiger partial charge in [0, 0.05) is 11.6 Å². The zero-order chi connectivity index (χ0) is 18.8. The number of carbonyl (C=O) groups excluding carboxylic acids is 1. The Morgan fingerprint density at radius 2 is 1.89 bits per heavy atom. The smallest absolute Gasteiger partial charge is 0.265 e. The van der Waals surface area contributed by atoms with Gasteiger partial charge in [0.2, 0.25) is 0 Å². The van der Waals surface area contributed by atoms with Crippen molar-refractivity contribution in [3.63, 3.8) is 0 Å². The van der Waals surface area contributed by atoms with Gasteiger partial charge in [0.25, 0.3) is 11.5 Å². The lowest BCUT2D eigenvalue weighted by molar-refractivity contribution is 0.0928. The highest BCUT2D eigenvalue weighted by Crippen LogP contribution is 2.19. The number of fused-ring (bicyclic) bond motifs is 1. The standard InChI is InChI=1S/C21H20FN3O2/c22-17-8-4-5-9-19(17)25-13-23-18-12-14(10-11-16(18)21(25)27)20(26)24-15-6-2-1-3-7-15/h4-5,8-13,15H,1-3,6-7H2,(H,24,26). The average Bonchev–Trinajstić information content (AvgIpc) is 2.69. The van der Waals surface area contributed by atoms with E-state index in [1.54, 1.807) is 30.3 Å². The molecule has 3 aromatic rings. The summed E-state index contributed by atoms with van der Waals surface area (Å²) in [5, 5.41) is 3.40. The lowest BCUT2D eigenvalue weighted by Gasteiger charge is -2.22. The third kappa shape index (κ3) is 3.47. The van der Waals surface area contributed by atoms with Crippen molar-refractivity contribution in [2.24, 2.45) is 0 Å². The van der Waals surface area contributed by atoms with Crippen LogP contribution in [-0.2, 0) is 0 Å². The van der Waals surface area contributed by atoms with Gasteiger partial charge in [-0.1, -0.05) is 31.4 Å². The van der Waals surface area contributed by atoms with Crippen LogP contribution in [0.1, 0.15) is 42.5 Å². The maximum atomic E-state index is 14.0. The van der Waals surface area contributed by atoms with Gasteiger partial charge >= 0.3 is 0 Å². The number of aromatic nitrogens is 2. The largest absolute Gasteiger partial charge is 0.349 e. The second kappa shape index (κ2) is 7.31. The quantitative estimate of drug-likeness (QED) is 0.771. The molecule has 27 heavy (non-hydrogen) atoms. The Morgan fingerprint density at radius 3 is 2.67 bits per heavy atom. The zero-order valence-corrected chi connectivity index (χ0v) is 14.8. The molecule has 1 aliphatic carbocycles. The van der Waals surface area contributed by atoms with E-state index in [-0.39, 0.29) is 23.2 Å². The van der Waals surface area contributed by atoms with Crippen LogP contribution in [0.2, 0.25) is 0 Å². The molecule has 1 fully saturated rings. The van der Waals surface area contributed by atoms with E-state index < -0.39 is 5.82 Å². The fourth-order valence-corrected chi connectivity index (χ4v) is 3.60. The van der Waals surface area contributed by atoms with Gasteiger partial charge in [-0.15, -0.1) is 0 Å². The maximum absolute atomic E-state index is 14.0. The highest BCUT2D eigenvalue weighted by molar-refractivity contribution is 5.97. The molecule has 138 valence electrons. The molecule has 1 saturated carbocycles. The second-order valence-electron chi connectivity index (χ2n) is 6.91. The third-order valence-electron chi connectivity index (χ3n) is 5.07. The van der Waals surface area contributed by atoms with Gasteiger partial charge in [0.05, 0.1) is 16.6 Å². The summed E-state index contributed by atoms with van der Waals surface area (Å²) in [5.74, 6) is -0.645. The van der Waals surface area contributed by atoms with E-state index in [0.717, 1.165) is 25.7 Å². The lowest BCUT2D eigenvalue weighted by atomic mass is 9.95. The number of hydrogen-bond donors (Lipinski definition) is 1. The Balaban J connectivity index is 1.66. The van der Waals surface area contributed by atoms with Crippen molar-refractivity contribution in [2.45, 2.75) is 38.1 Å². The molecule has 1 aromatic heterocycles. The number of benzene rings is 2. The topological polar surface area (TPSA) is 64.0 Å². The van der Waals surface area contributed by atoms with Gasteiger partial charge in [0.15, 0.2) is 0 Å². The van der Waals surface area contributed by atoms with E-state index in [0.29, 0.717) is 16.5 Å². The molecule has 0 radical (unpaired) electrons. The number of para-hydroxylation sites is 1. The van der Waals surface area contributed by atoms with Crippen LogP contribution in [-0.4, -0.2) is 21.5 Å². The summed E-state index contributed by atoms with van der Waals surface area (Å²) in [6, 6.07) is 11.1. The van der Waals surface area contributed by atoms with Crippen LogP contribution in [0.3, 0.4) is 0 Å². The van der Waals surface area contributed by atoms with E-state index in [9.17, 15) is 14.0 Å². The number of carbonyl (C=O) groups is 1. The highest BCUT2D eigenvalue weighted by Gasteiger charge is 2.17. The molecule has 0 atom stereocenters. The second-order valence-corrected chi connectivity index (χ2v) is 6.91. The fraction of sp³-hybridized carbons (Fsp3) is 0.286. The molecule has 2 aromatic carbocycles. The van der Waals surface area contributed by atoms with Gasteiger partial charge < -0.3 is 5.32 Å². The first-order chi connectivity index (χ1) is 13.1. The number of hydrogen-bond acceptors (Lipinski definition) is 3. The van der Waals surface area contributed by atoms with Crippen molar-refractivity contribution in [3.05, 3.63) is 70.5 Å². The number of nitrogens with zero attached hydrogens (tertiary/aromatic N) is 2. The minimum atomic E-state index is -0.496. The fourth-order valence-electron chi connectivity index (χ4n) is 3.60. The van der Waals surface area contributed by atoms with Gasteiger partial charge in [0.1, 0.15) is 12.1 Å². The molecular weight excluding hydrogens is 345 g/mol. The molecule has 1 N–H and O–H groups in total. The van der Waals surface area contributed by atoms with Crippen molar-refractivity contribution in [3.8, 4) is 5.69 Å². The van der Waals surface area contributed by atoms with Gasteiger partial charge in [-0.05, 0) is 43.2 Å². The molecule has 1 heterocycles. The minimum absolute atomic E-state index is 0.149. The molecule has 0 aliphatic heterocycles. The molecule has 4 rings (SSSR count). The maximum Gasteiger partial charge on any atom is 0.265 e. The SMILES string of the molecule is O=C(NC1CCCCC1)c1ccc2c(=O)n(-c3ccccc3F)cnc2c1. The molecule has 0 bridgehead atoms. The third-order valence-corrected chi connectivity index (χ3v) is 5.07. The lowest BCUT2D eigenvalue weighted by Crippen LogP contribution is -2.36. The van der Waals surface area contributed by atoms with Crippen LogP contribution in [0.15, 0.2) is 53.6 Å². The predicted molar refractivity (Wildman–Crippen MR) is 102 cm³/mol. The first kappa shape index (κ1) is 17.4. The molecular formula is C21H20FN3O2. The van der Waals surface area contributed by atoms with Gasteiger partial charge in [-0.3, -0.25) is 14.2 Å². The summed E-state index contributed by atoms with van der Waals surface area (Å²) < 4.78 is 15.2. The van der Waals surface area contributed by atoms with Gasteiger partial charge in [-0.25, -0.2) is 9.37 Å². The van der Waals surface area contributed by atoms with E-state index in [2.05, 4.69) is 10.3 Å². The van der Waals surface area contributed by atoms with Crippen molar-refractivity contribution < 1.29 is 9.18 Å². The van der Waals surface area contributed by atoms with Crippen molar-refractivity contribution >= 4 is 16.8 Å². The molecule has 6 heteroatoms. The Bertz CT molecular complexity index is 1050. The van der Waals surface area contributed by atoms with Crippen LogP contribution < -0.4 is 10.9 Å². The summed E-state index contributed by atoms with van der Waals surface area (Å²) in [4.78, 5) is 29.5. The molecule has 1 aliphatic rings.